The predicted molar refractivity (Wildman–Crippen MR) is 125 cm³/mol. The zero-order valence-corrected chi connectivity index (χ0v) is 19.7. The van der Waals surface area contributed by atoms with Gasteiger partial charge in [-0.1, -0.05) is 89.0 Å². The number of amides is 2. The monoisotopic (exact) mass is 448 g/mol. The highest BCUT2D eigenvalue weighted by atomic mass is 16.5. The van der Waals surface area contributed by atoms with E-state index in [4.69, 9.17) is 9.84 Å². The third-order valence-corrected chi connectivity index (χ3v) is 5.35. The summed E-state index contributed by atoms with van der Waals surface area (Å²) in [5.74, 6) is -1.74. The second-order valence-electron chi connectivity index (χ2n) is 8.30. The number of hydrogen-bond acceptors (Lipinski definition) is 4. The summed E-state index contributed by atoms with van der Waals surface area (Å²) in [5, 5.41) is 13.2. The molecule has 1 aromatic carbocycles. The summed E-state index contributed by atoms with van der Waals surface area (Å²) in [5.41, 5.74) is 2.17. The summed E-state index contributed by atoms with van der Waals surface area (Å²) in [6.45, 7) is 3.39. The molecule has 0 heterocycles. The van der Waals surface area contributed by atoms with Crippen molar-refractivity contribution in [3.63, 3.8) is 0 Å². The Bertz CT molecular complexity index is 675. The molecule has 7 heteroatoms. The molecule has 32 heavy (non-hydrogen) atoms. The lowest BCUT2D eigenvalue weighted by Gasteiger charge is -2.10. The van der Waals surface area contributed by atoms with Crippen LogP contribution in [-0.4, -0.2) is 35.7 Å². The molecule has 0 fully saturated rings. The maximum Gasteiger partial charge on any atom is 0.325 e. The normalized spacial score (nSPS) is 11.6. The summed E-state index contributed by atoms with van der Waals surface area (Å²) in [6, 6.07) is 6.27. The molecule has 0 spiro atoms. The molecule has 0 radical (unpaired) electrons. The average molecular weight is 449 g/mol. The lowest BCUT2D eigenvalue weighted by atomic mass is 10.0. The van der Waals surface area contributed by atoms with Gasteiger partial charge in [0.2, 0.25) is 0 Å². The van der Waals surface area contributed by atoms with Gasteiger partial charge in [-0.2, -0.15) is 0 Å². The molecule has 0 aromatic heterocycles. The zero-order chi connectivity index (χ0) is 23.6. The number of hydrogen-bond donors (Lipinski definition) is 3. The van der Waals surface area contributed by atoms with Gasteiger partial charge in [0, 0.05) is 0 Å². The summed E-state index contributed by atoms with van der Waals surface area (Å²) >= 11 is 0. The quantitative estimate of drug-likeness (QED) is 0.231. The SMILES string of the molecule is CCCCCCCCCCCCc1ccc(COC(=O)CNC(=O)NC(C)C(=O)O)cc1. The van der Waals surface area contributed by atoms with Crippen LogP contribution in [0, 0.1) is 0 Å². The van der Waals surface area contributed by atoms with Gasteiger partial charge in [0.1, 0.15) is 19.2 Å². The summed E-state index contributed by atoms with van der Waals surface area (Å²) in [4.78, 5) is 33.9. The summed E-state index contributed by atoms with van der Waals surface area (Å²) in [6.07, 6.45) is 14.3. The summed E-state index contributed by atoms with van der Waals surface area (Å²) < 4.78 is 5.14. The first-order valence-corrected chi connectivity index (χ1v) is 11.9. The first-order valence-electron chi connectivity index (χ1n) is 11.9. The number of urea groups is 1. The van der Waals surface area contributed by atoms with Crippen LogP contribution in [0.1, 0.15) is 89.2 Å². The largest absolute Gasteiger partial charge is 0.480 e. The number of aliphatic carboxylic acids is 1. The molecule has 0 aliphatic heterocycles. The Morgan fingerprint density at radius 2 is 1.41 bits per heavy atom. The third-order valence-electron chi connectivity index (χ3n) is 5.35. The Labute approximate surface area is 192 Å². The molecule has 1 unspecified atom stereocenters. The number of esters is 1. The van der Waals surface area contributed by atoms with Crippen molar-refractivity contribution in [1.29, 1.82) is 0 Å². The Balaban J connectivity index is 2.11. The lowest BCUT2D eigenvalue weighted by Crippen LogP contribution is -2.45. The van der Waals surface area contributed by atoms with Gasteiger partial charge in [-0.15, -0.1) is 0 Å². The van der Waals surface area contributed by atoms with E-state index in [1.165, 1.54) is 76.7 Å². The van der Waals surface area contributed by atoms with E-state index < -0.39 is 24.0 Å². The minimum Gasteiger partial charge on any atom is -0.480 e. The number of carbonyl (C=O) groups excluding carboxylic acids is 2. The van der Waals surface area contributed by atoms with Crippen LogP contribution in [0.15, 0.2) is 24.3 Å². The van der Waals surface area contributed by atoms with Crippen molar-refractivity contribution in [2.75, 3.05) is 6.54 Å². The van der Waals surface area contributed by atoms with E-state index in [9.17, 15) is 14.4 Å². The number of rotatable bonds is 17. The molecular formula is C25H40N2O5. The third kappa shape index (κ3) is 13.7. The van der Waals surface area contributed by atoms with Crippen LogP contribution < -0.4 is 10.6 Å². The van der Waals surface area contributed by atoms with Gasteiger partial charge in [0.25, 0.3) is 0 Å². The van der Waals surface area contributed by atoms with Crippen molar-refractivity contribution in [3.8, 4) is 0 Å². The Morgan fingerprint density at radius 3 is 1.97 bits per heavy atom. The van der Waals surface area contributed by atoms with E-state index in [0.29, 0.717) is 0 Å². The minimum atomic E-state index is -1.15. The van der Waals surface area contributed by atoms with E-state index in [1.54, 1.807) is 0 Å². The van der Waals surface area contributed by atoms with E-state index in [1.807, 2.05) is 12.1 Å². The van der Waals surface area contributed by atoms with E-state index >= 15 is 0 Å². The van der Waals surface area contributed by atoms with Gasteiger partial charge in [-0.05, 0) is 30.9 Å². The molecule has 2 amide bonds. The fourth-order valence-corrected chi connectivity index (χ4v) is 3.30. The number of carboxylic acid groups (broad SMARTS) is 1. The second-order valence-corrected chi connectivity index (χ2v) is 8.30. The molecule has 0 bridgehead atoms. The Hall–Kier alpha value is -2.57. The van der Waals surface area contributed by atoms with Crippen molar-refractivity contribution >= 4 is 18.0 Å². The Morgan fingerprint density at radius 1 is 0.875 bits per heavy atom. The molecule has 1 rings (SSSR count). The van der Waals surface area contributed by atoms with Gasteiger partial charge in [0.05, 0.1) is 0 Å². The molecule has 0 saturated heterocycles. The number of unbranched alkanes of at least 4 members (excludes halogenated alkanes) is 9. The van der Waals surface area contributed by atoms with Crippen LogP contribution in [0.4, 0.5) is 4.79 Å². The maximum atomic E-state index is 11.7. The van der Waals surface area contributed by atoms with Crippen molar-refractivity contribution in [2.45, 2.75) is 97.1 Å². The number of aryl methyl sites for hydroxylation is 1. The zero-order valence-electron chi connectivity index (χ0n) is 19.7. The van der Waals surface area contributed by atoms with Gasteiger partial charge < -0.3 is 20.5 Å². The second kappa shape index (κ2) is 17.0. The van der Waals surface area contributed by atoms with Crippen molar-refractivity contribution < 1.29 is 24.2 Å². The van der Waals surface area contributed by atoms with Crippen molar-refractivity contribution in [1.82, 2.24) is 10.6 Å². The van der Waals surface area contributed by atoms with Gasteiger partial charge in [-0.25, -0.2) is 4.79 Å². The molecule has 7 nitrogen and oxygen atoms in total. The number of carboxylic acids is 1. The minimum absolute atomic E-state index is 0.131. The first kappa shape index (κ1) is 27.5. The van der Waals surface area contributed by atoms with Gasteiger partial charge in [-0.3, -0.25) is 9.59 Å². The highest BCUT2D eigenvalue weighted by Crippen LogP contribution is 2.13. The molecule has 3 N–H and O–H groups in total. The molecule has 0 aliphatic rings. The number of nitrogens with one attached hydrogen (secondary N) is 2. The summed E-state index contributed by atoms with van der Waals surface area (Å²) in [7, 11) is 0. The fourth-order valence-electron chi connectivity index (χ4n) is 3.30. The number of carbonyl (C=O) groups is 3. The standard InChI is InChI=1S/C25H40N2O5/c1-3-4-5-6-7-8-9-10-11-12-13-21-14-16-22(17-15-21)19-32-23(28)18-26-25(31)27-20(2)24(29)30/h14-17,20H,3-13,18-19H2,1-2H3,(H,29,30)(H2,26,27,31). The van der Waals surface area contributed by atoms with Crippen LogP contribution in [-0.2, 0) is 27.4 Å². The highest BCUT2D eigenvalue weighted by Gasteiger charge is 2.14. The van der Waals surface area contributed by atoms with E-state index in [-0.39, 0.29) is 13.2 Å². The highest BCUT2D eigenvalue weighted by molar-refractivity contribution is 5.84. The van der Waals surface area contributed by atoms with Crippen molar-refractivity contribution in [3.05, 3.63) is 35.4 Å². The first-order chi connectivity index (χ1) is 15.4. The smallest absolute Gasteiger partial charge is 0.325 e. The van der Waals surface area contributed by atoms with Gasteiger partial charge in [0.15, 0.2) is 0 Å². The average Bonchev–Trinajstić information content (AvgIpc) is 2.78. The Kier molecular flexibility index (Phi) is 14.6. The molecule has 180 valence electrons. The van der Waals surface area contributed by atoms with Crippen LogP contribution >= 0.6 is 0 Å². The van der Waals surface area contributed by atoms with E-state index in [0.717, 1.165) is 12.0 Å². The fraction of sp³-hybridized carbons (Fsp3) is 0.640. The maximum absolute atomic E-state index is 11.7. The lowest BCUT2D eigenvalue weighted by molar-refractivity contribution is -0.143. The predicted octanol–water partition coefficient (Wildman–Crippen LogP) is 4.97. The molecular weight excluding hydrogens is 408 g/mol. The molecule has 1 atom stereocenters. The van der Waals surface area contributed by atoms with Crippen LogP contribution in [0.3, 0.4) is 0 Å². The van der Waals surface area contributed by atoms with Crippen LogP contribution in [0.2, 0.25) is 0 Å². The van der Waals surface area contributed by atoms with E-state index in [2.05, 4.69) is 29.7 Å². The van der Waals surface area contributed by atoms with Crippen LogP contribution in [0.5, 0.6) is 0 Å². The number of ether oxygens (including phenoxy) is 1. The number of benzene rings is 1. The molecule has 0 aliphatic carbocycles. The van der Waals surface area contributed by atoms with Crippen molar-refractivity contribution in [2.24, 2.45) is 0 Å². The molecule has 0 saturated carbocycles. The van der Waals surface area contributed by atoms with Crippen LogP contribution in [0.25, 0.3) is 0 Å². The molecule has 1 aromatic rings. The van der Waals surface area contributed by atoms with Gasteiger partial charge >= 0.3 is 18.0 Å². The topological polar surface area (TPSA) is 105 Å².